The van der Waals surface area contributed by atoms with Gasteiger partial charge in [-0.2, -0.15) is 15.1 Å². The first-order valence-corrected chi connectivity index (χ1v) is 13.8. The maximum atomic E-state index is 12.7. The quantitative estimate of drug-likeness (QED) is 0.403. The summed E-state index contributed by atoms with van der Waals surface area (Å²) < 4.78 is 33.7. The highest BCUT2D eigenvalue weighted by Gasteiger charge is 2.26. The molecule has 1 atom stereocenters. The van der Waals surface area contributed by atoms with E-state index in [2.05, 4.69) is 35.4 Å². The van der Waals surface area contributed by atoms with Gasteiger partial charge in [0.05, 0.1) is 18.1 Å². The lowest BCUT2D eigenvalue weighted by Gasteiger charge is -2.32. The first kappa shape index (κ1) is 25.8. The fraction of sp³-hybridized carbons (Fsp3) is 0.522. The van der Waals surface area contributed by atoms with Crippen molar-refractivity contribution < 1.29 is 22.7 Å². The average Bonchev–Trinajstić information content (AvgIpc) is 3.27. The Hall–Kier alpha value is -3.32. The summed E-state index contributed by atoms with van der Waals surface area (Å²) in [6, 6.07) is 5.61. The summed E-state index contributed by atoms with van der Waals surface area (Å²) >= 11 is 0. The number of anilines is 1. The van der Waals surface area contributed by atoms with Gasteiger partial charge in [-0.25, -0.2) is 13.4 Å². The van der Waals surface area contributed by atoms with Crippen LogP contribution in [-0.4, -0.2) is 90.9 Å². The van der Waals surface area contributed by atoms with Crippen LogP contribution in [0, 0.1) is 0 Å². The molecule has 0 bridgehead atoms. The zero-order valence-corrected chi connectivity index (χ0v) is 21.4. The number of ether oxygens (including phenoxy) is 2. The van der Waals surface area contributed by atoms with Gasteiger partial charge >= 0.3 is 6.01 Å². The van der Waals surface area contributed by atoms with Crippen LogP contribution in [-0.2, 0) is 14.6 Å². The van der Waals surface area contributed by atoms with Crippen LogP contribution in [0.3, 0.4) is 0 Å². The Balaban J connectivity index is 1.50. The zero-order chi connectivity index (χ0) is 25.7. The number of nitrogens with zero attached hydrogens (tertiary/aromatic N) is 5. The number of H-pyrrole nitrogens is 1. The molecule has 0 saturated carbocycles. The molecule has 2 N–H and O–H groups in total. The average molecular weight is 518 g/mol. The van der Waals surface area contributed by atoms with Crippen molar-refractivity contribution in [3.05, 3.63) is 35.8 Å². The van der Waals surface area contributed by atoms with E-state index in [0.717, 1.165) is 35.8 Å². The van der Waals surface area contributed by atoms with Crippen LogP contribution in [0.2, 0.25) is 0 Å². The minimum absolute atomic E-state index is 0.00879. The highest BCUT2D eigenvalue weighted by Crippen LogP contribution is 2.32. The predicted molar refractivity (Wildman–Crippen MR) is 134 cm³/mol. The molecule has 0 aliphatic carbocycles. The number of hydrogen-bond donors (Lipinski definition) is 2. The number of aromatic nitrogens is 5. The fourth-order valence-electron chi connectivity index (χ4n) is 4.20. The molecule has 13 heteroatoms. The Morgan fingerprint density at radius 3 is 2.81 bits per heavy atom. The van der Waals surface area contributed by atoms with E-state index in [0.29, 0.717) is 25.5 Å². The minimum Gasteiger partial charge on any atom is -0.458 e. The minimum atomic E-state index is -3.20. The van der Waals surface area contributed by atoms with Gasteiger partial charge in [-0.05, 0) is 31.9 Å². The summed E-state index contributed by atoms with van der Waals surface area (Å²) in [5.41, 5.74) is 1.91. The predicted octanol–water partition coefficient (Wildman–Crippen LogP) is 1.32. The van der Waals surface area contributed by atoms with E-state index in [1.165, 1.54) is 0 Å². The third kappa shape index (κ3) is 6.46. The van der Waals surface area contributed by atoms with E-state index in [-0.39, 0.29) is 36.0 Å². The lowest BCUT2D eigenvalue weighted by Crippen LogP contribution is -2.35. The molecule has 1 amide bonds. The van der Waals surface area contributed by atoms with E-state index in [9.17, 15) is 13.2 Å². The number of piperidine rings is 1. The van der Waals surface area contributed by atoms with Gasteiger partial charge in [0.15, 0.2) is 5.65 Å². The number of fused-ring (bicyclic) bond motifs is 1. The Morgan fingerprint density at radius 1 is 1.31 bits per heavy atom. The van der Waals surface area contributed by atoms with Crippen molar-refractivity contribution in [1.29, 1.82) is 0 Å². The van der Waals surface area contributed by atoms with Gasteiger partial charge in [0.25, 0.3) is 5.91 Å². The van der Waals surface area contributed by atoms with Crippen molar-refractivity contribution in [2.24, 2.45) is 0 Å². The number of amides is 1. The lowest BCUT2D eigenvalue weighted by atomic mass is 9.92. The SMILES string of the molecule is COC[C@@H](C)Oc1nc(C(=O)NCCS(C)(=O)=O)cc(N2CCC(c3n[nH]c4ncccc34)CC2)n1. The molecule has 0 aromatic carbocycles. The second-order valence-electron chi connectivity index (χ2n) is 8.93. The number of nitrogens with one attached hydrogen (secondary N) is 2. The number of hydrogen-bond acceptors (Lipinski definition) is 10. The molecule has 1 aliphatic heterocycles. The number of rotatable bonds is 10. The smallest absolute Gasteiger partial charge is 0.319 e. The number of pyridine rings is 1. The zero-order valence-electron chi connectivity index (χ0n) is 20.6. The molecule has 0 radical (unpaired) electrons. The van der Waals surface area contributed by atoms with Gasteiger partial charge in [0, 0.05) is 56.6 Å². The summed E-state index contributed by atoms with van der Waals surface area (Å²) in [5.74, 6) is 0.203. The molecular formula is C23H31N7O5S. The van der Waals surface area contributed by atoms with Crippen LogP contribution in [0.15, 0.2) is 24.4 Å². The van der Waals surface area contributed by atoms with Gasteiger partial charge in [-0.3, -0.25) is 9.89 Å². The molecule has 12 nitrogen and oxygen atoms in total. The second kappa shape index (κ2) is 11.2. The topological polar surface area (TPSA) is 152 Å². The van der Waals surface area contributed by atoms with Gasteiger partial charge in [0.1, 0.15) is 27.5 Å². The molecule has 3 aromatic rings. The molecule has 36 heavy (non-hydrogen) atoms. The van der Waals surface area contributed by atoms with Crippen LogP contribution in [0.4, 0.5) is 5.82 Å². The van der Waals surface area contributed by atoms with Crippen molar-refractivity contribution in [3.8, 4) is 6.01 Å². The summed E-state index contributed by atoms with van der Waals surface area (Å²) in [6.45, 7) is 3.56. The van der Waals surface area contributed by atoms with Gasteiger partial charge in [-0.15, -0.1) is 0 Å². The molecule has 0 unspecified atom stereocenters. The Labute approximate surface area is 209 Å². The molecule has 1 fully saturated rings. The normalized spacial score (nSPS) is 15.7. The molecule has 1 aliphatic rings. The summed E-state index contributed by atoms with van der Waals surface area (Å²) in [6.07, 6.45) is 4.25. The van der Waals surface area contributed by atoms with Crippen molar-refractivity contribution in [1.82, 2.24) is 30.5 Å². The van der Waals surface area contributed by atoms with Crippen LogP contribution in [0.1, 0.15) is 41.9 Å². The van der Waals surface area contributed by atoms with Gasteiger partial charge in [0.2, 0.25) is 0 Å². The largest absolute Gasteiger partial charge is 0.458 e. The fourth-order valence-corrected chi connectivity index (χ4v) is 4.67. The first-order valence-electron chi connectivity index (χ1n) is 11.8. The standard InChI is InChI=1S/C23H31N7O5S/c1-15(14-34-2)35-23-26-18(22(31)25-9-12-36(3,32)33)13-19(27-23)30-10-6-16(7-11-30)20-17-5-4-8-24-21(17)29-28-20/h4-5,8,13,15-16H,6-7,9-12,14H2,1-3H3,(H,25,31)(H,24,28,29)/t15-/m1/s1. The Bertz CT molecular complexity index is 1310. The molecule has 4 heterocycles. The molecule has 1 saturated heterocycles. The third-order valence-corrected chi connectivity index (χ3v) is 6.91. The number of carbonyl (C=O) groups is 1. The maximum Gasteiger partial charge on any atom is 0.319 e. The van der Waals surface area contributed by atoms with E-state index < -0.39 is 15.7 Å². The highest BCUT2D eigenvalue weighted by atomic mass is 32.2. The molecule has 3 aromatic heterocycles. The van der Waals surface area contributed by atoms with Gasteiger partial charge in [-0.1, -0.05) is 0 Å². The molecular weight excluding hydrogens is 486 g/mol. The van der Waals surface area contributed by atoms with Crippen molar-refractivity contribution in [3.63, 3.8) is 0 Å². The monoisotopic (exact) mass is 517 g/mol. The van der Waals surface area contributed by atoms with Crippen molar-refractivity contribution in [2.75, 3.05) is 50.3 Å². The lowest BCUT2D eigenvalue weighted by molar-refractivity contribution is 0.0843. The number of aromatic amines is 1. The third-order valence-electron chi connectivity index (χ3n) is 5.96. The van der Waals surface area contributed by atoms with Crippen LogP contribution in [0.5, 0.6) is 6.01 Å². The summed E-state index contributed by atoms with van der Waals surface area (Å²) in [4.78, 5) is 28.0. The maximum absolute atomic E-state index is 12.7. The van der Waals surface area contributed by atoms with Gasteiger partial charge < -0.3 is 19.7 Å². The number of methoxy groups -OCH3 is 1. The molecule has 194 valence electrons. The van der Waals surface area contributed by atoms with Crippen molar-refractivity contribution in [2.45, 2.75) is 31.8 Å². The summed E-state index contributed by atoms with van der Waals surface area (Å²) in [5, 5.41) is 11.2. The van der Waals surface area contributed by atoms with Crippen LogP contribution in [0.25, 0.3) is 11.0 Å². The summed E-state index contributed by atoms with van der Waals surface area (Å²) in [7, 11) is -1.63. The van der Waals surface area contributed by atoms with E-state index >= 15 is 0 Å². The number of sulfone groups is 1. The Kier molecular flexibility index (Phi) is 7.99. The van der Waals surface area contributed by atoms with Crippen LogP contribution < -0.4 is 15.0 Å². The highest BCUT2D eigenvalue weighted by molar-refractivity contribution is 7.90. The molecule has 4 rings (SSSR count). The number of carbonyl (C=O) groups excluding carboxylic acids is 1. The first-order chi connectivity index (χ1) is 17.2. The van der Waals surface area contributed by atoms with E-state index in [4.69, 9.17) is 9.47 Å². The molecule has 0 spiro atoms. The van der Waals surface area contributed by atoms with E-state index in [1.54, 1.807) is 19.4 Å². The second-order valence-corrected chi connectivity index (χ2v) is 11.2. The van der Waals surface area contributed by atoms with Crippen LogP contribution >= 0.6 is 0 Å². The Morgan fingerprint density at radius 2 is 2.08 bits per heavy atom. The van der Waals surface area contributed by atoms with E-state index in [1.807, 2.05) is 19.1 Å². The van der Waals surface area contributed by atoms with Crippen molar-refractivity contribution >= 4 is 32.6 Å².